The fourth-order valence-electron chi connectivity index (χ4n) is 3.15. The molecule has 1 atom stereocenters. The molecule has 26 heavy (non-hydrogen) atoms. The number of hydrazone groups is 1. The molecular formula is C19H23N3O4. The lowest BCUT2D eigenvalue weighted by Gasteiger charge is -2.20. The number of aromatic nitrogens is 1. The van der Waals surface area contributed by atoms with Crippen LogP contribution in [0.5, 0.6) is 11.5 Å². The number of aromatic hydroxyl groups is 1. The molecule has 0 amide bonds. The molecule has 1 aliphatic heterocycles. The number of ether oxygens (including phenoxy) is 1. The van der Waals surface area contributed by atoms with E-state index in [4.69, 9.17) is 9.84 Å². The third-order valence-electron chi connectivity index (χ3n) is 4.66. The van der Waals surface area contributed by atoms with Crippen LogP contribution in [0.15, 0.2) is 40.2 Å². The van der Waals surface area contributed by atoms with Crippen molar-refractivity contribution in [2.24, 2.45) is 12.1 Å². The van der Waals surface area contributed by atoms with E-state index in [0.717, 1.165) is 11.3 Å². The zero-order valence-corrected chi connectivity index (χ0v) is 15.1. The molecule has 1 aliphatic rings. The number of aryl methyl sites for hydroxylation is 1. The first-order chi connectivity index (χ1) is 12.4. The minimum atomic E-state index is -0.327. The molecule has 7 heteroatoms. The third-order valence-corrected chi connectivity index (χ3v) is 4.66. The van der Waals surface area contributed by atoms with Gasteiger partial charge in [0, 0.05) is 31.8 Å². The molecule has 138 valence electrons. The topological polar surface area (TPSA) is 87.3 Å². The summed E-state index contributed by atoms with van der Waals surface area (Å²) in [5.41, 5.74) is 2.54. The Hall–Kier alpha value is -2.80. The predicted octanol–water partition coefficient (Wildman–Crippen LogP) is 1.55. The Bertz CT molecular complexity index is 904. The van der Waals surface area contributed by atoms with Crippen molar-refractivity contribution in [2.45, 2.75) is 19.4 Å². The van der Waals surface area contributed by atoms with E-state index < -0.39 is 0 Å². The van der Waals surface area contributed by atoms with Crippen LogP contribution < -0.4 is 10.3 Å². The van der Waals surface area contributed by atoms with Crippen LogP contribution in [0.1, 0.15) is 29.3 Å². The molecule has 1 aromatic heterocycles. The van der Waals surface area contributed by atoms with E-state index >= 15 is 0 Å². The van der Waals surface area contributed by atoms with Gasteiger partial charge < -0.3 is 19.5 Å². The van der Waals surface area contributed by atoms with E-state index in [2.05, 4.69) is 5.10 Å². The number of nitrogens with zero attached hydrogens (tertiary/aromatic N) is 3. The average Bonchev–Trinajstić information content (AvgIpc) is 3.00. The Morgan fingerprint density at radius 2 is 2.08 bits per heavy atom. The lowest BCUT2D eigenvalue weighted by Crippen LogP contribution is -2.28. The van der Waals surface area contributed by atoms with Gasteiger partial charge in [-0.3, -0.25) is 9.80 Å². The van der Waals surface area contributed by atoms with E-state index in [0.29, 0.717) is 23.4 Å². The minimum absolute atomic E-state index is 0.000991. The Morgan fingerprint density at radius 3 is 2.81 bits per heavy atom. The number of aliphatic hydroxyl groups excluding tert-OH is 1. The van der Waals surface area contributed by atoms with Gasteiger partial charge in [0.1, 0.15) is 18.1 Å². The van der Waals surface area contributed by atoms with Crippen LogP contribution in [0.4, 0.5) is 0 Å². The second kappa shape index (κ2) is 7.21. The Morgan fingerprint density at radius 1 is 1.31 bits per heavy atom. The summed E-state index contributed by atoms with van der Waals surface area (Å²) < 4.78 is 6.98. The molecule has 1 aromatic carbocycles. The first-order valence-corrected chi connectivity index (χ1v) is 8.46. The summed E-state index contributed by atoms with van der Waals surface area (Å²) >= 11 is 0. The maximum Gasteiger partial charge on any atom is 0.259 e. The average molecular weight is 357 g/mol. The number of hydrogen-bond donors (Lipinski definition) is 2. The molecule has 2 N–H and O–H groups in total. The molecule has 3 rings (SSSR count). The lowest BCUT2D eigenvalue weighted by molar-refractivity contribution is 0.201. The SMILES string of the molecule is Cc1cc(O)c(C2CC(c3cccc(OCCO)c3)=NN2C)c(=O)n1C. The van der Waals surface area contributed by atoms with Crippen molar-refractivity contribution < 1.29 is 14.9 Å². The van der Waals surface area contributed by atoms with Crippen LogP contribution in [0.25, 0.3) is 0 Å². The summed E-state index contributed by atoms with van der Waals surface area (Å²) in [4.78, 5) is 12.6. The van der Waals surface area contributed by atoms with Gasteiger partial charge in [-0.25, -0.2) is 0 Å². The van der Waals surface area contributed by atoms with Gasteiger partial charge in [-0.05, 0) is 25.1 Å². The van der Waals surface area contributed by atoms with Gasteiger partial charge in [-0.15, -0.1) is 0 Å². The molecule has 0 aliphatic carbocycles. The summed E-state index contributed by atoms with van der Waals surface area (Å²) in [5, 5.41) is 25.5. The van der Waals surface area contributed by atoms with Crippen LogP contribution in [0.3, 0.4) is 0 Å². The van der Waals surface area contributed by atoms with Gasteiger partial charge in [0.15, 0.2) is 0 Å². The highest BCUT2D eigenvalue weighted by Crippen LogP contribution is 2.34. The Kier molecular flexibility index (Phi) is 4.99. The maximum absolute atomic E-state index is 12.6. The molecule has 0 saturated carbocycles. The van der Waals surface area contributed by atoms with Crippen molar-refractivity contribution in [2.75, 3.05) is 20.3 Å². The van der Waals surface area contributed by atoms with Crippen molar-refractivity contribution in [3.63, 3.8) is 0 Å². The number of rotatable bonds is 5. The predicted molar refractivity (Wildman–Crippen MR) is 98.8 cm³/mol. The molecule has 2 aromatic rings. The standard InChI is InChI=1S/C19H23N3O4/c1-12-9-17(24)18(19(25)21(12)2)16-11-15(20-22(16)3)13-5-4-6-14(10-13)26-8-7-23/h4-6,9-10,16,23-24H,7-8,11H2,1-3H3. The zero-order valence-electron chi connectivity index (χ0n) is 15.1. The molecule has 7 nitrogen and oxygen atoms in total. The number of benzene rings is 1. The fraction of sp³-hybridized carbons (Fsp3) is 0.368. The second-order valence-electron chi connectivity index (χ2n) is 6.39. The molecular weight excluding hydrogens is 334 g/mol. The highest BCUT2D eigenvalue weighted by atomic mass is 16.5. The Labute approximate surface area is 151 Å². The van der Waals surface area contributed by atoms with Crippen molar-refractivity contribution in [1.29, 1.82) is 0 Å². The van der Waals surface area contributed by atoms with E-state index in [1.54, 1.807) is 32.1 Å². The molecule has 0 radical (unpaired) electrons. The second-order valence-corrected chi connectivity index (χ2v) is 6.39. The first kappa shape index (κ1) is 18.0. The van der Waals surface area contributed by atoms with Crippen LogP contribution in [0, 0.1) is 6.92 Å². The highest BCUT2D eigenvalue weighted by Gasteiger charge is 2.31. The van der Waals surface area contributed by atoms with Crippen molar-refractivity contribution >= 4 is 5.71 Å². The summed E-state index contributed by atoms with van der Waals surface area (Å²) in [6, 6.07) is 8.74. The van der Waals surface area contributed by atoms with Crippen LogP contribution >= 0.6 is 0 Å². The van der Waals surface area contributed by atoms with Gasteiger partial charge in [0.25, 0.3) is 5.56 Å². The van der Waals surface area contributed by atoms with Crippen LogP contribution in [0.2, 0.25) is 0 Å². The maximum atomic E-state index is 12.6. The van der Waals surface area contributed by atoms with E-state index in [9.17, 15) is 9.90 Å². The molecule has 0 saturated heterocycles. The third kappa shape index (κ3) is 3.30. The fourth-order valence-corrected chi connectivity index (χ4v) is 3.15. The number of pyridine rings is 1. The molecule has 0 fully saturated rings. The van der Waals surface area contributed by atoms with Gasteiger partial charge >= 0.3 is 0 Å². The van der Waals surface area contributed by atoms with Crippen molar-refractivity contribution in [3.05, 3.63) is 57.5 Å². The van der Waals surface area contributed by atoms with Crippen molar-refractivity contribution in [1.82, 2.24) is 9.58 Å². The van der Waals surface area contributed by atoms with Gasteiger partial charge in [0.05, 0.1) is 23.9 Å². The van der Waals surface area contributed by atoms with Crippen LogP contribution in [-0.4, -0.2) is 45.8 Å². The summed E-state index contributed by atoms with van der Waals surface area (Å²) in [7, 11) is 3.49. The number of hydrogen-bond acceptors (Lipinski definition) is 6. The molecule has 1 unspecified atom stereocenters. The van der Waals surface area contributed by atoms with Crippen molar-refractivity contribution in [3.8, 4) is 11.5 Å². The highest BCUT2D eigenvalue weighted by molar-refractivity contribution is 6.02. The summed E-state index contributed by atoms with van der Waals surface area (Å²) in [6.45, 7) is 1.96. The van der Waals surface area contributed by atoms with Crippen LogP contribution in [-0.2, 0) is 7.05 Å². The Balaban J connectivity index is 1.90. The smallest absolute Gasteiger partial charge is 0.259 e. The molecule has 0 bridgehead atoms. The lowest BCUT2D eigenvalue weighted by atomic mass is 9.98. The largest absolute Gasteiger partial charge is 0.507 e. The number of aliphatic hydroxyl groups is 1. The van der Waals surface area contributed by atoms with Gasteiger partial charge in [-0.2, -0.15) is 5.10 Å². The molecule has 2 heterocycles. The summed E-state index contributed by atoms with van der Waals surface area (Å²) in [5.74, 6) is 0.651. The summed E-state index contributed by atoms with van der Waals surface area (Å²) in [6.07, 6.45) is 0.506. The normalized spacial score (nSPS) is 16.7. The molecule has 0 spiro atoms. The van der Waals surface area contributed by atoms with E-state index in [1.807, 2.05) is 24.3 Å². The van der Waals surface area contributed by atoms with E-state index in [1.165, 1.54) is 4.57 Å². The van der Waals surface area contributed by atoms with E-state index in [-0.39, 0.29) is 30.6 Å². The zero-order chi connectivity index (χ0) is 18.8. The van der Waals surface area contributed by atoms with Gasteiger partial charge in [-0.1, -0.05) is 12.1 Å². The van der Waals surface area contributed by atoms with Gasteiger partial charge in [0.2, 0.25) is 0 Å². The monoisotopic (exact) mass is 357 g/mol. The minimum Gasteiger partial charge on any atom is -0.507 e. The first-order valence-electron chi connectivity index (χ1n) is 8.46. The quantitative estimate of drug-likeness (QED) is 0.848.